The molecule has 0 spiro atoms. The van der Waals surface area contributed by atoms with Crippen LogP contribution in [0.3, 0.4) is 0 Å². The minimum Gasteiger partial charge on any atom is -0.243 e. The third-order valence-corrected chi connectivity index (χ3v) is 7.33. The fourth-order valence-electron chi connectivity index (χ4n) is 3.24. The Morgan fingerprint density at radius 2 is 2.25 bits per heavy atom. The second-order valence-electron chi connectivity index (χ2n) is 5.66. The average molecular weight is 380 g/mol. The van der Waals surface area contributed by atoms with E-state index in [1.54, 1.807) is 10.5 Å². The summed E-state index contributed by atoms with van der Waals surface area (Å²) in [5.74, 6) is 0.486. The van der Waals surface area contributed by atoms with Gasteiger partial charge in [-0.2, -0.15) is 4.31 Å². The van der Waals surface area contributed by atoms with E-state index in [4.69, 9.17) is 11.6 Å². The van der Waals surface area contributed by atoms with Crippen molar-refractivity contribution in [2.24, 2.45) is 5.92 Å². The number of fused-ring (bicyclic) bond motifs is 2. The van der Waals surface area contributed by atoms with Crippen LogP contribution in [0.2, 0.25) is 5.15 Å². The molecule has 0 aromatic carbocycles. The van der Waals surface area contributed by atoms with Gasteiger partial charge in [0.2, 0.25) is 10.0 Å². The summed E-state index contributed by atoms with van der Waals surface area (Å²) < 4.78 is 27.7. The highest BCUT2D eigenvalue weighted by Crippen LogP contribution is 2.40. The number of sulfonamides is 1. The molecule has 2 atom stereocenters. The minimum atomic E-state index is -3.32. The highest BCUT2D eigenvalue weighted by molar-refractivity contribution is 9.10. The van der Waals surface area contributed by atoms with Gasteiger partial charge in [-0.1, -0.05) is 11.6 Å². The summed E-state index contributed by atoms with van der Waals surface area (Å²) in [6, 6.07) is 0.198. The second kappa shape index (κ2) is 5.23. The first kappa shape index (κ1) is 14.8. The molecule has 1 saturated carbocycles. The normalized spacial score (nSPS) is 26.4. The number of aromatic nitrogens is 1. The van der Waals surface area contributed by atoms with E-state index in [1.165, 1.54) is 0 Å². The molecule has 2 bridgehead atoms. The number of hydrogen-bond acceptors (Lipinski definition) is 3. The predicted molar refractivity (Wildman–Crippen MR) is 82.1 cm³/mol. The number of piperidine rings is 1. The highest BCUT2D eigenvalue weighted by Gasteiger charge is 2.43. The predicted octanol–water partition coefficient (Wildman–Crippen LogP) is 3.12. The first-order valence-corrected chi connectivity index (χ1v) is 9.45. The number of halogens is 2. The molecule has 1 aliphatic carbocycles. The Morgan fingerprint density at radius 3 is 2.85 bits per heavy atom. The van der Waals surface area contributed by atoms with Crippen LogP contribution in [0.5, 0.6) is 0 Å². The van der Waals surface area contributed by atoms with Gasteiger partial charge >= 0.3 is 0 Å². The van der Waals surface area contributed by atoms with E-state index in [1.807, 2.05) is 6.92 Å². The van der Waals surface area contributed by atoms with Crippen molar-refractivity contribution < 1.29 is 8.42 Å². The lowest BCUT2D eigenvalue weighted by Gasteiger charge is -2.26. The van der Waals surface area contributed by atoms with Gasteiger partial charge in [0.25, 0.3) is 0 Å². The molecule has 0 radical (unpaired) electrons. The van der Waals surface area contributed by atoms with Gasteiger partial charge < -0.3 is 0 Å². The van der Waals surface area contributed by atoms with E-state index in [0.717, 1.165) is 29.3 Å². The van der Waals surface area contributed by atoms with Crippen molar-refractivity contribution in [2.45, 2.75) is 38.0 Å². The van der Waals surface area contributed by atoms with E-state index in [2.05, 4.69) is 20.9 Å². The number of pyridine rings is 1. The second-order valence-corrected chi connectivity index (χ2v) is 8.79. The lowest BCUT2D eigenvalue weighted by molar-refractivity contribution is 0.333. The SMILES string of the molecule is Cc1c(Br)cnc(Cl)c1CS(=O)(=O)N1CC2CCC1C2. The third-order valence-electron chi connectivity index (χ3n) is 4.39. The molecule has 2 unspecified atom stereocenters. The highest BCUT2D eigenvalue weighted by atomic mass is 79.9. The Balaban J connectivity index is 1.89. The van der Waals surface area contributed by atoms with Crippen molar-refractivity contribution in [1.82, 2.24) is 9.29 Å². The van der Waals surface area contributed by atoms with Crippen LogP contribution in [-0.2, 0) is 15.8 Å². The summed E-state index contributed by atoms with van der Waals surface area (Å²) in [5, 5.41) is 0.277. The van der Waals surface area contributed by atoms with Crippen LogP contribution in [0.15, 0.2) is 10.7 Å². The molecule has 3 rings (SSSR count). The Morgan fingerprint density at radius 1 is 1.50 bits per heavy atom. The van der Waals surface area contributed by atoms with Crippen LogP contribution in [0.25, 0.3) is 0 Å². The molecule has 110 valence electrons. The fraction of sp³-hybridized carbons (Fsp3) is 0.615. The zero-order chi connectivity index (χ0) is 14.5. The Bertz CT molecular complexity index is 650. The van der Waals surface area contributed by atoms with Gasteiger partial charge in [0.15, 0.2) is 0 Å². The molecule has 0 amide bonds. The molecule has 0 N–H and O–H groups in total. The van der Waals surface area contributed by atoms with Gasteiger partial charge in [0.1, 0.15) is 5.15 Å². The monoisotopic (exact) mass is 378 g/mol. The first-order valence-electron chi connectivity index (χ1n) is 6.67. The van der Waals surface area contributed by atoms with Gasteiger partial charge in [0, 0.05) is 28.8 Å². The molecular weight excluding hydrogens is 364 g/mol. The topological polar surface area (TPSA) is 50.3 Å². The van der Waals surface area contributed by atoms with E-state index < -0.39 is 10.0 Å². The molecular formula is C13H16BrClN2O2S. The summed E-state index contributed by atoms with van der Waals surface area (Å²) >= 11 is 9.45. The maximum absolute atomic E-state index is 12.6. The standard InChI is InChI=1S/C13H16BrClN2O2S/c1-8-11(13(15)16-5-12(8)14)7-20(18,19)17-6-9-2-3-10(17)4-9/h5,9-10H,2-4,6-7H2,1H3. The van der Waals surface area contributed by atoms with Gasteiger partial charge in [0.05, 0.1) is 5.75 Å². The zero-order valence-electron chi connectivity index (χ0n) is 11.1. The van der Waals surface area contributed by atoms with E-state index >= 15 is 0 Å². The zero-order valence-corrected chi connectivity index (χ0v) is 14.3. The van der Waals surface area contributed by atoms with E-state index in [-0.39, 0.29) is 16.9 Å². The molecule has 1 aliphatic heterocycles. The molecule has 1 aromatic heterocycles. The van der Waals surface area contributed by atoms with Gasteiger partial charge in [-0.25, -0.2) is 13.4 Å². The average Bonchev–Trinajstić information content (AvgIpc) is 3.02. The maximum atomic E-state index is 12.6. The lowest BCUT2D eigenvalue weighted by Crippen LogP contribution is -2.38. The Hall–Kier alpha value is -0.170. The smallest absolute Gasteiger partial charge is 0.218 e. The molecule has 20 heavy (non-hydrogen) atoms. The number of rotatable bonds is 3. The van der Waals surface area contributed by atoms with Crippen LogP contribution < -0.4 is 0 Å². The van der Waals surface area contributed by atoms with Crippen molar-refractivity contribution >= 4 is 37.6 Å². The Labute approximate surface area is 132 Å². The van der Waals surface area contributed by atoms with Crippen LogP contribution in [-0.4, -0.2) is 30.3 Å². The molecule has 4 nitrogen and oxygen atoms in total. The van der Waals surface area contributed by atoms with Crippen LogP contribution in [0.1, 0.15) is 30.4 Å². The number of hydrogen-bond donors (Lipinski definition) is 0. The summed E-state index contributed by atoms with van der Waals surface area (Å²) in [6.07, 6.45) is 4.77. The van der Waals surface area contributed by atoms with Crippen LogP contribution >= 0.6 is 27.5 Å². The summed E-state index contributed by atoms with van der Waals surface area (Å²) in [6.45, 7) is 2.53. The van der Waals surface area contributed by atoms with Gasteiger partial charge in [-0.3, -0.25) is 0 Å². The number of nitrogens with zero attached hydrogens (tertiary/aromatic N) is 2. The molecule has 2 heterocycles. The first-order chi connectivity index (χ1) is 9.38. The summed E-state index contributed by atoms with van der Waals surface area (Å²) in [5.41, 5.74) is 1.45. The fourth-order valence-corrected chi connectivity index (χ4v) is 5.89. The quantitative estimate of drug-likeness (QED) is 0.758. The molecule has 1 saturated heterocycles. The molecule has 1 aromatic rings. The van der Waals surface area contributed by atoms with Crippen molar-refractivity contribution in [3.8, 4) is 0 Å². The van der Waals surface area contributed by atoms with E-state index in [0.29, 0.717) is 18.0 Å². The largest absolute Gasteiger partial charge is 0.243 e. The Kier molecular flexibility index (Phi) is 3.86. The van der Waals surface area contributed by atoms with Crippen LogP contribution in [0.4, 0.5) is 0 Å². The maximum Gasteiger partial charge on any atom is 0.218 e. The van der Waals surface area contributed by atoms with Crippen molar-refractivity contribution in [3.63, 3.8) is 0 Å². The van der Waals surface area contributed by atoms with Crippen molar-refractivity contribution in [2.75, 3.05) is 6.54 Å². The van der Waals surface area contributed by atoms with Gasteiger partial charge in [-0.15, -0.1) is 0 Å². The van der Waals surface area contributed by atoms with Crippen LogP contribution in [0, 0.1) is 12.8 Å². The molecule has 7 heteroatoms. The van der Waals surface area contributed by atoms with Crippen molar-refractivity contribution in [1.29, 1.82) is 0 Å². The molecule has 2 fully saturated rings. The minimum absolute atomic E-state index is 0.0622. The van der Waals surface area contributed by atoms with Gasteiger partial charge in [-0.05, 0) is 53.6 Å². The summed E-state index contributed by atoms with van der Waals surface area (Å²) in [4.78, 5) is 4.03. The lowest BCUT2D eigenvalue weighted by atomic mass is 10.1. The van der Waals surface area contributed by atoms with Crippen molar-refractivity contribution in [3.05, 3.63) is 26.9 Å². The molecule has 2 aliphatic rings. The van der Waals surface area contributed by atoms with E-state index in [9.17, 15) is 8.42 Å². The third kappa shape index (κ3) is 2.51. The summed E-state index contributed by atoms with van der Waals surface area (Å²) in [7, 11) is -3.32.